The van der Waals surface area contributed by atoms with Crippen molar-refractivity contribution in [3.63, 3.8) is 0 Å². The van der Waals surface area contributed by atoms with E-state index in [1.54, 1.807) is 0 Å². The van der Waals surface area contributed by atoms with Gasteiger partial charge in [-0.1, -0.05) is 441 Å². The summed E-state index contributed by atoms with van der Waals surface area (Å²) >= 11 is 1.90. The summed E-state index contributed by atoms with van der Waals surface area (Å²) in [7, 11) is 0. The van der Waals surface area contributed by atoms with Crippen molar-refractivity contribution in [1.29, 1.82) is 0 Å². The zero-order valence-electron chi connectivity index (χ0n) is 83.0. The predicted molar refractivity (Wildman–Crippen MR) is 611 cm³/mol. The summed E-state index contributed by atoms with van der Waals surface area (Å²) in [6.45, 7) is 28.7. The Labute approximate surface area is 843 Å². The van der Waals surface area contributed by atoms with Crippen LogP contribution in [-0.2, 0) is 32.5 Å². The fraction of sp³-hybridized carbons (Fsp3) is 0.127. The Morgan fingerprint density at radius 1 is 0.140 bits per heavy atom. The summed E-state index contributed by atoms with van der Waals surface area (Å²) in [6.07, 6.45) is 0. The molecule has 29 rings (SSSR count). The van der Waals surface area contributed by atoms with Crippen molar-refractivity contribution in [2.75, 3.05) is 0 Å². The maximum atomic E-state index is 2.47. The van der Waals surface area contributed by atoms with E-state index in [9.17, 15) is 0 Å². The van der Waals surface area contributed by atoms with Crippen molar-refractivity contribution in [3.05, 3.63) is 504 Å². The molecule has 22 aromatic carbocycles. The Morgan fingerprint density at radius 2 is 0.392 bits per heavy atom. The second-order valence-corrected chi connectivity index (χ2v) is 45.2. The molecule has 0 fully saturated rings. The van der Waals surface area contributed by atoms with Crippen LogP contribution in [0.15, 0.2) is 437 Å². The van der Waals surface area contributed by atoms with Crippen molar-refractivity contribution < 1.29 is 0 Å². The highest BCUT2D eigenvalue weighted by atomic mass is 32.1. The fourth-order valence-electron chi connectivity index (χ4n) is 26.2. The van der Waals surface area contributed by atoms with E-state index < -0.39 is 0 Å². The highest BCUT2D eigenvalue weighted by molar-refractivity contribution is 7.26. The van der Waals surface area contributed by atoms with Gasteiger partial charge in [-0.05, 0) is 344 Å². The van der Waals surface area contributed by atoms with Gasteiger partial charge in [-0.3, -0.25) is 0 Å². The van der Waals surface area contributed by atoms with Crippen LogP contribution in [0.5, 0.6) is 0 Å². The lowest BCUT2D eigenvalue weighted by atomic mass is 9.77. The van der Waals surface area contributed by atoms with Crippen molar-refractivity contribution in [3.8, 4) is 156 Å². The molecular weight excluding hydrogens is 1740 g/mol. The number of hydrogen-bond acceptors (Lipinski definition) is 1. The maximum absolute atomic E-state index is 2.47. The van der Waals surface area contributed by atoms with Gasteiger partial charge in [-0.2, -0.15) is 0 Å². The maximum Gasteiger partial charge on any atom is 0.0433 e. The predicted octanol–water partition coefficient (Wildman–Crippen LogP) is 39.2. The number of fused-ring (bicyclic) bond motifs is 28. The van der Waals surface area contributed by atoms with Crippen molar-refractivity contribution in [2.45, 2.75) is 116 Å². The van der Waals surface area contributed by atoms with Gasteiger partial charge >= 0.3 is 0 Å². The molecule has 0 spiro atoms. The standard InChI is InChI=1S/2C50H38.C42H32S/c1-49(2)44-15-8-7-14-43(44)47-45(49)25-24-42-41-23-22-40(30-46(41)50(3,4)48(42)47)34-13-9-12-33(27-34)35-18-19-39-29-38(21-20-37(39)28-35)36-17-16-31-10-5-6-11-32(31)26-36;1-49(2)43-15-8-7-14-41(43)47-44(49)24-25-45-48(47)42-23-22-40(30-46(42)50(45,3)4)34-13-9-12-33(27-34)35-18-19-39-29-38(21-20-37(39)28-35)36-17-16-31-10-5-6-11-32(31)26-36;1-41(2)33-17-7-5-14-31(33)38-34(41)21-22-35-39(38)32-20-19-26(24-36(32)42(35,3)4)25-11-9-12-27(23-25)28-15-10-16-30-29-13-6-8-18-37(29)43-40(28)30/h2*5-30H,1-4H3;5-24H,1-4H3. The van der Waals surface area contributed by atoms with Crippen LogP contribution in [0.4, 0.5) is 0 Å². The normalized spacial score (nSPS) is 14.9. The van der Waals surface area contributed by atoms with Crippen LogP contribution in [0.2, 0.25) is 0 Å². The molecule has 23 aromatic rings. The van der Waals surface area contributed by atoms with Gasteiger partial charge in [0, 0.05) is 52.7 Å². The van der Waals surface area contributed by atoms with Gasteiger partial charge in [0.15, 0.2) is 0 Å². The lowest BCUT2D eigenvalue weighted by Gasteiger charge is -2.26. The van der Waals surface area contributed by atoms with Gasteiger partial charge in [0.25, 0.3) is 0 Å². The molecule has 0 saturated heterocycles. The quantitative estimate of drug-likeness (QED) is 0.142. The topological polar surface area (TPSA) is 0 Å². The molecule has 0 atom stereocenters. The molecule has 0 amide bonds. The molecule has 0 bridgehead atoms. The van der Waals surface area contributed by atoms with Crippen molar-refractivity contribution >= 4 is 74.6 Å². The van der Waals surface area contributed by atoms with E-state index in [-0.39, 0.29) is 32.5 Å². The zero-order valence-corrected chi connectivity index (χ0v) is 83.8. The zero-order chi connectivity index (χ0) is 96.6. The van der Waals surface area contributed by atoms with Gasteiger partial charge in [-0.15, -0.1) is 11.3 Å². The molecule has 1 aromatic heterocycles. The van der Waals surface area contributed by atoms with E-state index in [0.29, 0.717) is 0 Å². The number of hydrogen-bond donors (Lipinski definition) is 0. The smallest absolute Gasteiger partial charge is 0.0433 e. The Morgan fingerprint density at radius 3 is 0.804 bits per heavy atom. The Balaban J connectivity index is 0.000000107. The molecule has 0 unspecified atom stereocenters. The van der Waals surface area contributed by atoms with E-state index in [2.05, 4.69) is 520 Å². The second-order valence-electron chi connectivity index (χ2n) is 44.1. The van der Waals surface area contributed by atoms with Crippen molar-refractivity contribution in [2.24, 2.45) is 0 Å². The third-order valence-corrected chi connectivity index (χ3v) is 35.2. The minimum atomic E-state index is -0.110. The summed E-state index contributed by atoms with van der Waals surface area (Å²) in [5.41, 5.74) is 54.0. The van der Waals surface area contributed by atoms with Crippen LogP contribution in [0.3, 0.4) is 0 Å². The van der Waals surface area contributed by atoms with Crippen molar-refractivity contribution in [1.82, 2.24) is 0 Å². The van der Waals surface area contributed by atoms with Crippen LogP contribution in [0.25, 0.3) is 219 Å². The Hall–Kier alpha value is -15.9. The van der Waals surface area contributed by atoms with Gasteiger partial charge in [-0.25, -0.2) is 0 Å². The Kier molecular flexibility index (Phi) is 19.2. The molecule has 0 aliphatic heterocycles. The van der Waals surface area contributed by atoms with Gasteiger partial charge in [0.1, 0.15) is 0 Å². The van der Waals surface area contributed by atoms with Crippen LogP contribution in [0, 0.1) is 0 Å². The van der Waals surface area contributed by atoms with E-state index in [1.807, 2.05) is 11.3 Å². The van der Waals surface area contributed by atoms with Crippen LogP contribution >= 0.6 is 11.3 Å². The lowest BCUT2D eigenvalue weighted by molar-refractivity contribution is 0.647. The first kappa shape index (κ1) is 86.2. The van der Waals surface area contributed by atoms with Gasteiger partial charge in [0.2, 0.25) is 0 Å². The van der Waals surface area contributed by atoms with E-state index in [0.717, 1.165) is 0 Å². The first-order chi connectivity index (χ1) is 69.4. The van der Waals surface area contributed by atoms with E-state index >= 15 is 0 Å². The fourth-order valence-corrected chi connectivity index (χ4v) is 27.5. The van der Waals surface area contributed by atoms with Gasteiger partial charge in [0.05, 0.1) is 0 Å². The summed E-state index contributed by atoms with van der Waals surface area (Å²) in [4.78, 5) is 0. The van der Waals surface area contributed by atoms with Gasteiger partial charge < -0.3 is 0 Å². The molecular formula is C142H108S. The average Bonchev–Trinajstić information content (AvgIpc) is 1.54. The van der Waals surface area contributed by atoms with Crippen LogP contribution < -0.4 is 0 Å². The minimum absolute atomic E-state index is 0.000305. The summed E-state index contributed by atoms with van der Waals surface area (Å²) in [6, 6.07) is 164. The molecule has 0 nitrogen and oxygen atoms in total. The molecule has 1 heteroatoms. The molecule has 0 saturated carbocycles. The molecule has 0 radical (unpaired) electrons. The number of benzene rings is 22. The monoisotopic (exact) mass is 1840 g/mol. The van der Waals surface area contributed by atoms with Crippen LogP contribution in [-0.4, -0.2) is 0 Å². The molecule has 6 aliphatic rings. The average molecular weight is 1850 g/mol. The lowest BCUT2D eigenvalue weighted by Crippen LogP contribution is -2.18. The highest BCUT2D eigenvalue weighted by Crippen LogP contribution is 2.64. The highest BCUT2D eigenvalue weighted by Gasteiger charge is 2.48. The third kappa shape index (κ3) is 13.3. The first-order valence-electron chi connectivity index (χ1n) is 51.0. The molecule has 0 N–H and O–H groups in total. The SMILES string of the molecule is CC1(C)c2ccccc2-c2c1ccc1c2-c2ccc(-c3cccc(-c4ccc5cc(-c6ccc7ccccc7c6)ccc5c4)c3)cc2C1(C)C.CC1(C)c2ccccc2-c2c1ccc1c2-c2ccc(-c3cccc(-c4cccc5c4sc4ccccc45)c3)cc2C1(C)C.CC1(C)c2ccccc2-c2c1ccc1c2C(C)(C)c2cc(-c3cccc(-c4ccc5cc(-c6ccc7ccccc7c6)ccc5c4)c3)ccc2-1. The second kappa shape index (κ2) is 31.8. The minimum Gasteiger partial charge on any atom is -0.135 e. The summed E-state index contributed by atoms with van der Waals surface area (Å²) in [5.74, 6) is 0. The molecule has 682 valence electrons. The first-order valence-corrected chi connectivity index (χ1v) is 51.8. The van der Waals surface area contributed by atoms with E-state index in [4.69, 9.17) is 0 Å². The Bertz CT molecular complexity index is 9400. The summed E-state index contributed by atoms with van der Waals surface area (Å²) in [5, 5.41) is 12.8. The number of rotatable bonds is 8. The molecule has 143 heavy (non-hydrogen) atoms. The number of thiophene rings is 1. The van der Waals surface area contributed by atoms with E-state index in [1.165, 1.54) is 286 Å². The third-order valence-electron chi connectivity index (χ3n) is 33.9. The van der Waals surface area contributed by atoms with Crippen LogP contribution in [0.1, 0.15) is 150 Å². The molecule has 6 aliphatic carbocycles. The summed E-state index contributed by atoms with van der Waals surface area (Å²) < 4.78 is 2.71. The molecule has 1 heterocycles. The largest absolute Gasteiger partial charge is 0.135 e.